The molecular formula is C26H25N. The predicted octanol–water partition coefficient (Wildman–Crippen LogP) is 6.63. The van der Waals surface area contributed by atoms with Gasteiger partial charge in [0.2, 0.25) is 0 Å². The van der Waals surface area contributed by atoms with Gasteiger partial charge in [-0.2, -0.15) is 0 Å². The third-order valence-corrected chi connectivity index (χ3v) is 5.69. The predicted molar refractivity (Wildman–Crippen MR) is 116 cm³/mol. The molecule has 5 rings (SSSR count). The van der Waals surface area contributed by atoms with E-state index in [-0.39, 0.29) is 0 Å². The number of rotatable bonds is 2. The third kappa shape index (κ3) is 2.83. The van der Waals surface area contributed by atoms with Crippen LogP contribution in [0.3, 0.4) is 0 Å². The van der Waals surface area contributed by atoms with E-state index in [4.69, 9.17) is 0 Å². The highest BCUT2D eigenvalue weighted by Crippen LogP contribution is 2.42. The second-order valence-corrected chi connectivity index (χ2v) is 8.21. The summed E-state index contributed by atoms with van der Waals surface area (Å²) in [6.45, 7) is 7.78. The molecule has 0 amide bonds. The Bertz CT molecular complexity index is 1050. The molecule has 1 heteroatoms. The first-order valence-electron chi connectivity index (χ1n) is 9.94. The van der Waals surface area contributed by atoms with Crippen molar-refractivity contribution in [1.82, 2.24) is 4.90 Å². The Balaban J connectivity index is 1.87. The van der Waals surface area contributed by atoms with Crippen molar-refractivity contribution in [2.45, 2.75) is 26.9 Å². The van der Waals surface area contributed by atoms with Gasteiger partial charge in [-0.05, 0) is 49.7 Å². The normalized spacial score (nSPS) is 14.3. The second kappa shape index (κ2) is 6.51. The van der Waals surface area contributed by atoms with E-state index in [1.54, 1.807) is 0 Å². The molecule has 0 N–H and O–H groups in total. The Labute approximate surface area is 161 Å². The van der Waals surface area contributed by atoms with E-state index in [9.17, 15) is 0 Å². The van der Waals surface area contributed by atoms with Crippen molar-refractivity contribution in [2.75, 3.05) is 6.54 Å². The molecule has 0 aliphatic carbocycles. The SMILES string of the molecule is CC(C)CN1Cc2ccc3ccccc3c2-c2c(ccc3ccccc23)C1. The highest BCUT2D eigenvalue weighted by molar-refractivity contribution is 6.08. The Morgan fingerprint density at radius 1 is 0.667 bits per heavy atom. The lowest BCUT2D eigenvalue weighted by Gasteiger charge is -2.23. The van der Waals surface area contributed by atoms with Gasteiger partial charge in [0.15, 0.2) is 0 Å². The highest BCUT2D eigenvalue weighted by Gasteiger charge is 2.23. The maximum Gasteiger partial charge on any atom is 0.0243 e. The van der Waals surface area contributed by atoms with Crippen molar-refractivity contribution in [2.24, 2.45) is 5.92 Å². The lowest BCUT2D eigenvalue weighted by atomic mass is 9.88. The Hall–Kier alpha value is -2.64. The van der Waals surface area contributed by atoms with Gasteiger partial charge in [0.1, 0.15) is 0 Å². The van der Waals surface area contributed by atoms with Gasteiger partial charge in [-0.1, -0.05) is 86.6 Å². The average Bonchev–Trinajstić information content (AvgIpc) is 2.83. The van der Waals surface area contributed by atoms with Crippen molar-refractivity contribution in [3.8, 4) is 11.1 Å². The molecule has 0 radical (unpaired) electrons. The zero-order valence-electron chi connectivity index (χ0n) is 16.1. The molecule has 0 saturated carbocycles. The molecule has 0 unspecified atom stereocenters. The van der Waals surface area contributed by atoms with Crippen LogP contribution < -0.4 is 0 Å². The fourth-order valence-electron chi connectivity index (χ4n) is 4.67. The van der Waals surface area contributed by atoms with E-state index in [1.807, 2.05) is 0 Å². The lowest BCUT2D eigenvalue weighted by Crippen LogP contribution is -2.26. The molecule has 0 aromatic heterocycles. The molecule has 0 atom stereocenters. The Morgan fingerprint density at radius 3 is 1.63 bits per heavy atom. The van der Waals surface area contributed by atoms with Gasteiger partial charge < -0.3 is 0 Å². The van der Waals surface area contributed by atoms with Crippen molar-refractivity contribution in [3.63, 3.8) is 0 Å². The standard InChI is InChI=1S/C26H25N/c1-18(2)15-27-16-21-13-11-19-7-3-5-9-23(19)25(21)26-22(17-27)14-12-20-8-4-6-10-24(20)26/h3-14,18H,15-17H2,1-2H3. The van der Waals surface area contributed by atoms with Crippen LogP contribution >= 0.6 is 0 Å². The molecule has 1 aliphatic heterocycles. The summed E-state index contributed by atoms with van der Waals surface area (Å²) in [6.07, 6.45) is 0. The van der Waals surface area contributed by atoms with E-state index in [0.29, 0.717) is 5.92 Å². The summed E-state index contributed by atoms with van der Waals surface area (Å²) in [5.41, 5.74) is 5.77. The monoisotopic (exact) mass is 351 g/mol. The summed E-state index contributed by atoms with van der Waals surface area (Å²) in [5, 5.41) is 5.40. The molecule has 4 aromatic rings. The second-order valence-electron chi connectivity index (χ2n) is 8.21. The maximum atomic E-state index is 2.61. The lowest BCUT2D eigenvalue weighted by molar-refractivity contribution is 0.230. The van der Waals surface area contributed by atoms with Crippen LogP contribution in [0.15, 0.2) is 72.8 Å². The summed E-state index contributed by atoms with van der Waals surface area (Å²) in [4.78, 5) is 2.61. The molecule has 4 aromatic carbocycles. The van der Waals surface area contributed by atoms with Crippen molar-refractivity contribution in [3.05, 3.63) is 83.9 Å². The molecular weight excluding hydrogens is 326 g/mol. The number of hydrogen-bond acceptors (Lipinski definition) is 1. The van der Waals surface area contributed by atoms with E-state index >= 15 is 0 Å². The van der Waals surface area contributed by atoms with Crippen LogP contribution in [-0.4, -0.2) is 11.4 Å². The first-order valence-corrected chi connectivity index (χ1v) is 9.94. The Kier molecular flexibility index (Phi) is 3.98. The number of benzene rings is 4. The topological polar surface area (TPSA) is 3.24 Å². The third-order valence-electron chi connectivity index (χ3n) is 5.69. The van der Waals surface area contributed by atoms with Crippen molar-refractivity contribution in [1.29, 1.82) is 0 Å². The number of nitrogens with zero attached hydrogens (tertiary/aromatic N) is 1. The molecule has 1 nitrogen and oxygen atoms in total. The summed E-state index contributed by atoms with van der Waals surface area (Å²) in [5.74, 6) is 0.663. The maximum absolute atomic E-state index is 2.61. The van der Waals surface area contributed by atoms with Crippen molar-refractivity contribution >= 4 is 21.5 Å². The summed E-state index contributed by atoms with van der Waals surface area (Å²) >= 11 is 0. The molecule has 1 heterocycles. The fraction of sp³-hybridized carbons (Fsp3) is 0.231. The van der Waals surface area contributed by atoms with E-state index in [1.165, 1.54) is 43.8 Å². The van der Waals surface area contributed by atoms with Crippen LogP contribution in [0, 0.1) is 5.92 Å². The highest BCUT2D eigenvalue weighted by atomic mass is 15.1. The molecule has 1 aliphatic rings. The first kappa shape index (κ1) is 16.5. The van der Waals surface area contributed by atoms with Gasteiger partial charge in [-0.25, -0.2) is 0 Å². The average molecular weight is 351 g/mol. The van der Waals surface area contributed by atoms with Crippen LogP contribution in [0.25, 0.3) is 32.7 Å². The Morgan fingerprint density at radius 2 is 1.15 bits per heavy atom. The summed E-state index contributed by atoms with van der Waals surface area (Å²) < 4.78 is 0. The van der Waals surface area contributed by atoms with E-state index in [0.717, 1.165) is 19.6 Å². The zero-order chi connectivity index (χ0) is 18.4. The van der Waals surface area contributed by atoms with E-state index < -0.39 is 0 Å². The summed E-state index contributed by atoms with van der Waals surface area (Å²) in [7, 11) is 0. The van der Waals surface area contributed by atoms with Crippen LogP contribution in [0.2, 0.25) is 0 Å². The number of hydrogen-bond donors (Lipinski definition) is 0. The quantitative estimate of drug-likeness (QED) is 0.392. The van der Waals surface area contributed by atoms with Crippen LogP contribution in [0.4, 0.5) is 0 Å². The van der Waals surface area contributed by atoms with Gasteiger partial charge in [0, 0.05) is 19.6 Å². The minimum atomic E-state index is 0.663. The fourth-order valence-corrected chi connectivity index (χ4v) is 4.67. The van der Waals surface area contributed by atoms with Gasteiger partial charge in [-0.3, -0.25) is 4.90 Å². The van der Waals surface area contributed by atoms with Gasteiger partial charge in [0.25, 0.3) is 0 Å². The van der Waals surface area contributed by atoms with Crippen molar-refractivity contribution < 1.29 is 0 Å². The molecule has 0 spiro atoms. The van der Waals surface area contributed by atoms with Crippen LogP contribution in [-0.2, 0) is 13.1 Å². The molecule has 0 saturated heterocycles. The molecule has 27 heavy (non-hydrogen) atoms. The molecule has 0 bridgehead atoms. The first-order chi connectivity index (χ1) is 13.2. The van der Waals surface area contributed by atoms with E-state index in [2.05, 4.69) is 91.5 Å². The van der Waals surface area contributed by atoms with Gasteiger partial charge >= 0.3 is 0 Å². The minimum Gasteiger partial charge on any atom is -0.295 e. The number of fused-ring (bicyclic) bond motifs is 7. The van der Waals surface area contributed by atoms with Gasteiger partial charge in [0.05, 0.1) is 0 Å². The minimum absolute atomic E-state index is 0.663. The largest absolute Gasteiger partial charge is 0.295 e. The van der Waals surface area contributed by atoms with Crippen LogP contribution in [0.5, 0.6) is 0 Å². The zero-order valence-corrected chi connectivity index (χ0v) is 16.1. The van der Waals surface area contributed by atoms with Gasteiger partial charge in [-0.15, -0.1) is 0 Å². The molecule has 134 valence electrons. The van der Waals surface area contributed by atoms with Crippen LogP contribution in [0.1, 0.15) is 25.0 Å². The summed E-state index contributed by atoms with van der Waals surface area (Å²) in [6, 6.07) is 26.9. The molecule has 0 fully saturated rings. The smallest absolute Gasteiger partial charge is 0.0243 e.